The molecule has 1 saturated heterocycles. The summed E-state index contributed by atoms with van der Waals surface area (Å²) in [5.41, 5.74) is 0.328. The summed E-state index contributed by atoms with van der Waals surface area (Å²) in [6.45, 7) is 0.879. The van der Waals surface area contributed by atoms with Gasteiger partial charge in [0.1, 0.15) is 12.3 Å². The van der Waals surface area contributed by atoms with Crippen LogP contribution in [0.25, 0.3) is 0 Å². The summed E-state index contributed by atoms with van der Waals surface area (Å²) in [5.74, 6) is -2.63. The van der Waals surface area contributed by atoms with Crippen LogP contribution in [0.5, 0.6) is 5.75 Å². The highest BCUT2D eigenvalue weighted by Gasteiger charge is 2.47. The maximum absolute atomic E-state index is 12.4. The van der Waals surface area contributed by atoms with Crippen molar-refractivity contribution in [1.82, 2.24) is 4.90 Å². The molecule has 3 rings (SSSR count). The number of carbonyl (C=O) groups excluding carboxylic acids is 4. The molecule has 1 fully saturated rings. The first kappa shape index (κ1) is 20.9. The fraction of sp³-hybridized carbons (Fsp3) is 0.400. The molecule has 0 bridgehead atoms. The second-order valence-corrected chi connectivity index (χ2v) is 7.32. The molecular weight excluding hydrogens is 400 g/mol. The average Bonchev–Trinajstić information content (AvgIpc) is 2.93. The molecule has 0 spiro atoms. The summed E-state index contributed by atoms with van der Waals surface area (Å²) in [6, 6.07) is 4.70. The molecule has 8 nitrogen and oxygen atoms in total. The van der Waals surface area contributed by atoms with E-state index >= 15 is 0 Å². The Morgan fingerprint density at radius 2 is 1.83 bits per heavy atom. The molecule has 3 atom stereocenters. The van der Waals surface area contributed by atoms with Crippen molar-refractivity contribution in [3.05, 3.63) is 35.4 Å². The summed E-state index contributed by atoms with van der Waals surface area (Å²) in [6.07, 6.45) is 3.56. The number of ether oxygens (including phenoxy) is 2. The van der Waals surface area contributed by atoms with E-state index in [1.54, 1.807) is 12.1 Å². The standard InChI is InChI=1S/C20H21ClN2O6/c1-11(18(25)22-15-9-12(21)7-8-16(15)28-2)29-17(24)10-23-19(26)13-5-3-4-6-14(13)20(23)27/h3-4,7-9,11,13-14H,5-6,10H2,1-2H3,(H,22,25)/t11-,13-,14+/m0/s1. The van der Waals surface area contributed by atoms with Crippen LogP contribution in [0.2, 0.25) is 5.02 Å². The van der Waals surface area contributed by atoms with Crippen LogP contribution in [0, 0.1) is 11.8 Å². The van der Waals surface area contributed by atoms with Gasteiger partial charge in [-0.2, -0.15) is 0 Å². The first-order valence-corrected chi connectivity index (χ1v) is 9.53. The highest BCUT2D eigenvalue weighted by Crippen LogP contribution is 2.35. The van der Waals surface area contributed by atoms with Crippen LogP contribution in [0.15, 0.2) is 30.4 Å². The summed E-state index contributed by atoms with van der Waals surface area (Å²) < 4.78 is 10.3. The molecule has 9 heteroatoms. The Morgan fingerprint density at radius 1 is 1.21 bits per heavy atom. The van der Waals surface area contributed by atoms with Crippen LogP contribution in [-0.4, -0.2) is 48.3 Å². The Morgan fingerprint density at radius 3 is 2.41 bits per heavy atom. The van der Waals surface area contributed by atoms with E-state index in [-0.39, 0.29) is 11.8 Å². The first-order chi connectivity index (χ1) is 13.8. The molecule has 0 saturated carbocycles. The van der Waals surface area contributed by atoms with E-state index < -0.39 is 36.4 Å². The first-order valence-electron chi connectivity index (χ1n) is 9.16. The van der Waals surface area contributed by atoms with E-state index in [0.717, 1.165) is 4.90 Å². The maximum Gasteiger partial charge on any atom is 0.326 e. The van der Waals surface area contributed by atoms with Gasteiger partial charge in [0.05, 0.1) is 24.6 Å². The predicted octanol–water partition coefficient (Wildman–Crippen LogP) is 2.17. The van der Waals surface area contributed by atoms with Gasteiger partial charge in [0.2, 0.25) is 11.8 Å². The van der Waals surface area contributed by atoms with Gasteiger partial charge in [-0.3, -0.25) is 24.1 Å². The SMILES string of the molecule is COc1ccc(Cl)cc1NC(=O)[C@H](C)OC(=O)CN1C(=O)[C@H]2CC=CC[C@H]2C1=O. The van der Waals surface area contributed by atoms with Crippen molar-refractivity contribution in [2.24, 2.45) is 11.8 Å². The molecule has 1 heterocycles. The molecule has 1 aliphatic carbocycles. The van der Waals surface area contributed by atoms with Gasteiger partial charge in [0.25, 0.3) is 5.91 Å². The van der Waals surface area contributed by atoms with Gasteiger partial charge >= 0.3 is 5.97 Å². The molecule has 1 aromatic carbocycles. The second kappa shape index (κ2) is 8.65. The number of rotatable bonds is 6. The lowest BCUT2D eigenvalue weighted by atomic mass is 9.85. The number of nitrogens with one attached hydrogen (secondary N) is 1. The number of imide groups is 1. The number of halogens is 1. The number of allylic oxidation sites excluding steroid dienone is 2. The second-order valence-electron chi connectivity index (χ2n) is 6.88. The van der Waals surface area contributed by atoms with Gasteiger partial charge in [0.15, 0.2) is 6.10 Å². The molecule has 154 valence electrons. The number of methoxy groups -OCH3 is 1. The minimum absolute atomic E-state index is 0.328. The number of nitrogens with zero attached hydrogens (tertiary/aromatic N) is 1. The zero-order chi connectivity index (χ0) is 21.1. The summed E-state index contributed by atoms with van der Waals surface area (Å²) in [7, 11) is 1.44. The monoisotopic (exact) mass is 420 g/mol. The minimum atomic E-state index is -1.15. The molecule has 0 aromatic heterocycles. The highest BCUT2D eigenvalue weighted by atomic mass is 35.5. The van der Waals surface area contributed by atoms with E-state index in [9.17, 15) is 19.2 Å². The fourth-order valence-corrected chi connectivity index (χ4v) is 3.63. The van der Waals surface area contributed by atoms with Gasteiger partial charge < -0.3 is 14.8 Å². The van der Waals surface area contributed by atoms with Crippen LogP contribution in [0.4, 0.5) is 5.69 Å². The fourth-order valence-electron chi connectivity index (χ4n) is 3.45. The molecule has 1 aliphatic heterocycles. The van der Waals surface area contributed by atoms with Crippen molar-refractivity contribution < 1.29 is 28.7 Å². The van der Waals surface area contributed by atoms with Crippen molar-refractivity contribution in [2.45, 2.75) is 25.9 Å². The van der Waals surface area contributed by atoms with E-state index in [1.807, 2.05) is 12.2 Å². The Bertz CT molecular complexity index is 858. The molecule has 2 aliphatic rings. The number of anilines is 1. The summed E-state index contributed by atoms with van der Waals surface area (Å²) in [4.78, 5) is 50.3. The molecule has 0 radical (unpaired) electrons. The summed E-state index contributed by atoms with van der Waals surface area (Å²) in [5, 5.41) is 2.97. The van der Waals surface area contributed by atoms with Crippen molar-refractivity contribution in [3.63, 3.8) is 0 Å². The lowest BCUT2D eigenvalue weighted by Gasteiger charge is -2.18. The number of likely N-dealkylation sites (tertiary alicyclic amines) is 1. The van der Waals surface area contributed by atoms with Crippen LogP contribution in [0.1, 0.15) is 19.8 Å². The zero-order valence-electron chi connectivity index (χ0n) is 16.0. The molecule has 0 unspecified atom stereocenters. The van der Waals surface area contributed by atoms with Gasteiger partial charge in [0, 0.05) is 5.02 Å². The number of fused-ring (bicyclic) bond motifs is 1. The van der Waals surface area contributed by atoms with Crippen LogP contribution < -0.4 is 10.1 Å². The topological polar surface area (TPSA) is 102 Å². The molecule has 1 aromatic rings. The van der Waals surface area contributed by atoms with Gasteiger partial charge in [-0.05, 0) is 38.0 Å². The van der Waals surface area contributed by atoms with Gasteiger partial charge in [-0.25, -0.2) is 0 Å². The van der Waals surface area contributed by atoms with Crippen molar-refractivity contribution in [2.75, 3.05) is 19.0 Å². The number of benzene rings is 1. The number of amides is 3. The van der Waals surface area contributed by atoms with Crippen molar-refractivity contribution in [1.29, 1.82) is 0 Å². The normalized spacial score (nSPS) is 21.6. The molecular formula is C20H21ClN2O6. The Kier molecular flexibility index (Phi) is 6.22. The quantitative estimate of drug-likeness (QED) is 0.430. The molecule has 29 heavy (non-hydrogen) atoms. The van der Waals surface area contributed by atoms with E-state index in [4.69, 9.17) is 21.1 Å². The van der Waals surface area contributed by atoms with Crippen molar-refractivity contribution in [3.8, 4) is 5.75 Å². The Hall–Kier alpha value is -2.87. The number of esters is 1. The largest absolute Gasteiger partial charge is 0.495 e. The van der Waals surface area contributed by atoms with Gasteiger partial charge in [-0.15, -0.1) is 0 Å². The molecule has 3 amide bonds. The Labute approximate surface area is 172 Å². The smallest absolute Gasteiger partial charge is 0.326 e. The zero-order valence-corrected chi connectivity index (χ0v) is 16.8. The third-order valence-electron chi connectivity index (χ3n) is 4.98. The van der Waals surface area contributed by atoms with Crippen LogP contribution in [-0.2, 0) is 23.9 Å². The maximum atomic E-state index is 12.4. The number of hydrogen-bond acceptors (Lipinski definition) is 6. The lowest BCUT2D eigenvalue weighted by molar-refractivity contribution is -0.158. The number of hydrogen-bond donors (Lipinski definition) is 1. The third-order valence-corrected chi connectivity index (χ3v) is 5.22. The van der Waals surface area contributed by atoms with Crippen LogP contribution >= 0.6 is 11.6 Å². The molecule has 1 N–H and O–H groups in total. The lowest BCUT2D eigenvalue weighted by Crippen LogP contribution is -2.39. The highest BCUT2D eigenvalue weighted by molar-refractivity contribution is 6.31. The third kappa shape index (κ3) is 4.42. The van der Waals surface area contributed by atoms with E-state index in [0.29, 0.717) is 29.3 Å². The number of carbonyl (C=O) groups is 4. The van der Waals surface area contributed by atoms with E-state index in [1.165, 1.54) is 20.1 Å². The van der Waals surface area contributed by atoms with Crippen LogP contribution in [0.3, 0.4) is 0 Å². The summed E-state index contributed by atoms with van der Waals surface area (Å²) >= 11 is 5.93. The van der Waals surface area contributed by atoms with Crippen molar-refractivity contribution >= 4 is 41.0 Å². The van der Waals surface area contributed by atoms with Gasteiger partial charge in [-0.1, -0.05) is 23.8 Å². The predicted molar refractivity (Wildman–Crippen MR) is 104 cm³/mol. The Balaban J connectivity index is 1.58. The van der Waals surface area contributed by atoms with E-state index in [2.05, 4.69) is 5.32 Å². The minimum Gasteiger partial charge on any atom is -0.495 e. The average molecular weight is 421 g/mol.